The van der Waals surface area contributed by atoms with Crippen LogP contribution in [-0.2, 0) is 20.1 Å². The van der Waals surface area contributed by atoms with Crippen LogP contribution in [-0.4, -0.2) is 42.9 Å². The first-order chi connectivity index (χ1) is 19.7. The van der Waals surface area contributed by atoms with Gasteiger partial charge < -0.3 is 9.47 Å². The van der Waals surface area contributed by atoms with Gasteiger partial charge in [-0.25, -0.2) is 4.79 Å². The third kappa shape index (κ3) is 4.79. The summed E-state index contributed by atoms with van der Waals surface area (Å²) in [6.45, 7) is 0.424. The molecule has 0 bridgehead atoms. The molecule has 41 heavy (non-hydrogen) atoms. The molecule has 9 nitrogen and oxygen atoms in total. The molecular formula is C30H23BrClN5O4. The number of amides is 3. The molecule has 1 aliphatic rings. The average molecular weight is 633 g/mol. The minimum atomic E-state index is -0.737. The van der Waals surface area contributed by atoms with Crippen molar-refractivity contribution in [3.63, 3.8) is 0 Å². The largest absolute Gasteiger partial charge is 0.351 e. The molecule has 3 amide bonds. The van der Waals surface area contributed by atoms with Gasteiger partial charge in [0.1, 0.15) is 5.69 Å². The first kappa shape index (κ1) is 26.8. The van der Waals surface area contributed by atoms with Gasteiger partial charge in [-0.15, -0.1) is 0 Å². The summed E-state index contributed by atoms with van der Waals surface area (Å²) >= 11 is 9.56. The number of imidazole rings is 1. The number of aromatic nitrogens is 3. The highest BCUT2D eigenvalue weighted by atomic mass is 79.9. The zero-order valence-electron chi connectivity index (χ0n) is 21.8. The van der Waals surface area contributed by atoms with E-state index < -0.39 is 17.5 Å². The molecular weight excluding hydrogens is 610 g/mol. The summed E-state index contributed by atoms with van der Waals surface area (Å²) in [6.07, 6.45) is 1.91. The van der Waals surface area contributed by atoms with E-state index in [0.717, 1.165) is 10.9 Å². The third-order valence-corrected chi connectivity index (χ3v) is 8.47. The molecule has 0 unspecified atom stereocenters. The van der Waals surface area contributed by atoms with Crippen molar-refractivity contribution in [2.24, 2.45) is 7.05 Å². The maximum atomic E-state index is 13.8. The SMILES string of the molecule is Cn1ccc2cc(-n3c(C(=O)NC(=O)c4ccccc4)c4n(c3=O)CCN(C(=O)c3ccc(Br)c(Cl)c3)C4)ccc21. The number of nitrogens with one attached hydrogen (secondary N) is 1. The Bertz CT molecular complexity index is 1920. The molecule has 5 aromatic rings. The van der Waals surface area contributed by atoms with E-state index in [-0.39, 0.29) is 31.2 Å². The van der Waals surface area contributed by atoms with Gasteiger partial charge in [0.05, 0.1) is 22.9 Å². The molecule has 3 heterocycles. The van der Waals surface area contributed by atoms with Gasteiger partial charge in [0.25, 0.3) is 17.7 Å². The molecule has 6 rings (SSSR count). The van der Waals surface area contributed by atoms with E-state index in [1.807, 2.05) is 36.0 Å². The fraction of sp³-hybridized carbons (Fsp3) is 0.133. The smallest absolute Gasteiger partial charge is 0.333 e. The minimum Gasteiger partial charge on any atom is -0.351 e. The Kier molecular flexibility index (Phi) is 6.88. The van der Waals surface area contributed by atoms with Crippen LogP contribution >= 0.6 is 27.5 Å². The van der Waals surface area contributed by atoms with Gasteiger partial charge in [-0.3, -0.25) is 28.8 Å². The van der Waals surface area contributed by atoms with Crippen molar-refractivity contribution >= 4 is 56.2 Å². The lowest BCUT2D eigenvalue weighted by atomic mass is 10.1. The molecule has 0 fully saturated rings. The van der Waals surface area contributed by atoms with Gasteiger partial charge in [-0.1, -0.05) is 29.8 Å². The summed E-state index contributed by atoms with van der Waals surface area (Å²) in [5.41, 5.74) is 2.04. The number of carbonyl (C=O) groups is 3. The van der Waals surface area contributed by atoms with Gasteiger partial charge in [0.15, 0.2) is 0 Å². The van der Waals surface area contributed by atoms with Crippen molar-refractivity contribution in [2.75, 3.05) is 6.54 Å². The number of rotatable bonds is 4. The topological polar surface area (TPSA) is 98.3 Å². The molecule has 0 spiro atoms. The van der Waals surface area contributed by atoms with Gasteiger partial charge in [-0.05, 0) is 70.5 Å². The molecule has 2 aromatic heterocycles. The number of halogens is 2. The normalized spacial score (nSPS) is 12.8. The molecule has 1 aliphatic heterocycles. The summed E-state index contributed by atoms with van der Waals surface area (Å²) in [5.74, 6) is -1.62. The molecule has 3 aromatic carbocycles. The maximum Gasteiger partial charge on any atom is 0.333 e. The highest BCUT2D eigenvalue weighted by Crippen LogP contribution is 2.27. The zero-order chi connectivity index (χ0) is 28.8. The Balaban J connectivity index is 1.44. The number of fused-ring (bicyclic) bond motifs is 2. The van der Waals surface area contributed by atoms with Crippen LogP contribution in [0.15, 0.2) is 88.3 Å². The van der Waals surface area contributed by atoms with E-state index in [4.69, 9.17) is 11.6 Å². The van der Waals surface area contributed by atoms with E-state index in [1.54, 1.807) is 59.5 Å². The number of hydrogen-bond acceptors (Lipinski definition) is 4. The van der Waals surface area contributed by atoms with Crippen LogP contribution in [0.2, 0.25) is 5.02 Å². The fourth-order valence-corrected chi connectivity index (χ4v) is 5.58. The third-order valence-electron chi connectivity index (χ3n) is 7.24. The number of hydrogen-bond donors (Lipinski definition) is 1. The van der Waals surface area contributed by atoms with Crippen LogP contribution < -0.4 is 11.0 Å². The molecule has 0 saturated heterocycles. The fourth-order valence-electron chi connectivity index (χ4n) is 5.15. The van der Waals surface area contributed by atoms with Crippen LogP contribution in [0.25, 0.3) is 16.6 Å². The highest BCUT2D eigenvalue weighted by Gasteiger charge is 2.33. The molecule has 1 N–H and O–H groups in total. The van der Waals surface area contributed by atoms with E-state index in [9.17, 15) is 19.2 Å². The van der Waals surface area contributed by atoms with E-state index >= 15 is 0 Å². The standard InChI is InChI=1S/C30H23BrClN5O4/c1-34-12-11-19-15-21(8-10-24(19)34)37-26(28(39)33-27(38)18-5-3-2-4-6-18)25-17-35(13-14-36(25)30(37)41)29(40)20-7-9-22(31)23(32)16-20/h2-12,15-16H,13-14,17H2,1H3,(H,33,38,39). The predicted octanol–water partition coefficient (Wildman–Crippen LogP) is 4.77. The van der Waals surface area contributed by atoms with Gasteiger partial charge in [0, 0.05) is 52.8 Å². The average Bonchev–Trinajstić information content (AvgIpc) is 3.50. The van der Waals surface area contributed by atoms with E-state index in [2.05, 4.69) is 21.2 Å². The summed E-state index contributed by atoms with van der Waals surface area (Å²) in [4.78, 5) is 55.5. The van der Waals surface area contributed by atoms with Crippen molar-refractivity contribution in [2.45, 2.75) is 13.1 Å². The highest BCUT2D eigenvalue weighted by molar-refractivity contribution is 9.10. The lowest BCUT2D eigenvalue weighted by molar-refractivity contribution is 0.0704. The van der Waals surface area contributed by atoms with Crippen LogP contribution in [0.4, 0.5) is 0 Å². The minimum absolute atomic E-state index is 0.000834. The van der Waals surface area contributed by atoms with Gasteiger partial charge >= 0.3 is 5.69 Å². The lowest BCUT2D eigenvalue weighted by Gasteiger charge is -2.28. The summed E-state index contributed by atoms with van der Waals surface area (Å²) in [6, 6.07) is 20.7. The maximum absolute atomic E-state index is 13.8. The molecule has 0 saturated carbocycles. The second-order valence-corrected chi connectivity index (χ2v) is 11.0. The first-order valence-electron chi connectivity index (χ1n) is 12.8. The molecule has 11 heteroatoms. The molecule has 0 aliphatic carbocycles. The summed E-state index contributed by atoms with van der Waals surface area (Å²) in [7, 11) is 1.92. The van der Waals surface area contributed by atoms with Crippen LogP contribution in [0.1, 0.15) is 36.9 Å². The predicted molar refractivity (Wildman–Crippen MR) is 159 cm³/mol. The van der Waals surface area contributed by atoms with Gasteiger partial charge in [-0.2, -0.15) is 0 Å². The van der Waals surface area contributed by atoms with Gasteiger partial charge in [0.2, 0.25) is 0 Å². The number of imide groups is 1. The monoisotopic (exact) mass is 631 g/mol. The van der Waals surface area contributed by atoms with Crippen LogP contribution in [0.5, 0.6) is 0 Å². The van der Waals surface area contributed by atoms with E-state index in [1.165, 1.54) is 9.13 Å². The van der Waals surface area contributed by atoms with Crippen LogP contribution in [0, 0.1) is 0 Å². The van der Waals surface area contributed by atoms with Crippen molar-refractivity contribution in [3.8, 4) is 5.69 Å². The number of benzene rings is 3. The quantitative estimate of drug-likeness (QED) is 0.289. The first-order valence-corrected chi connectivity index (χ1v) is 13.9. The summed E-state index contributed by atoms with van der Waals surface area (Å²) < 4.78 is 5.43. The number of nitrogens with zero attached hydrogens (tertiary/aromatic N) is 4. The Labute approximate surface area is 247 Å². The molecule has 206 valence electrons. The van der Waals surface area contributed by atoms with Crippen LogP contribution in [0.3, 0.4) is 0 Å². The number of aryl methyl sites for hydroxylation is 1. The number of carbonyl (C=O) groups excluding carboxylic acids is 3. The Morgan fingerprint density at radius 2 is 1.68 bits per heavy atom. The molecule has 0 radical (unpaired) electrons. The van der Waals surface area contributed by atoms with Crippen molar-refractivity contribution in [1.82, 2.24) is 23.9 Å². The second kappa shape index (κ2) is 10.5. The lowest BCUT2D eigenvalue weighted by Crippen LogP contribution is -2.41. The zero-order valence-corrected chi connectivity index (χ0v) is 24.1. The van der Waals surface area contributed by atoms with Crippen molar-refractivity contribution < 1.29 is 14.4 Å². The second-order valence-electron chi connectivity index (χ2n) is 9.74. The summed E-state index contributed by atoms with van der Waals surface area (Å²) in [5, 5.41) is 3.72. The van der Waals surface area contributed by atoms with Crippen molar-refractivity contribution in [1.29, 1.82) is 0 Å². The molecule has 0 atom stereocenters. The van der Waals surface area contributed by atoms with Crippen molar-refractivity contribution in [3.05, 3.63) is 121 Å². The Morgan fingerprint density at radius 3 is 2.44 bits per heavy atom. The Hall–Kier alpha value is -4.41. The Morgan fingerprint density at radius 1 is 0.902 bits per heavy atom. The van der Waals surface area contributed by atoms with E-state index in [0.29, 0.717) is 32.0 Å².